The van der Waals surface area contributed by atoms with E-state index in [4.69, 9.17) is 0 Å². The van der Waals surface area contributed by atoms with Crippen molar-refractivity contribution in [2.75, 3.05) is 11.9 Å². The van der Waals surface area contributed by atoms with Gasteiger partial charge in [-0.05, 0) is 37.3 Å². The van der Waals surface area contributed by atoms with Crippen LogP contribution in [0.2, 0.25) is 0 Å². The lowest BCUT2D eigenvalue weighted by Crippen LogP contribution is -2.40. The summed E-state index contributed by atoms with van der Waals surface area (Å²) in [7, 11) is 0. The fourth-order valence-corrected chi connectivity index (χ4v) is 4.11. The molecule has 1 aliphatic carbocycles. The van der Waals surface area contributed by atoms with E-state index >= 15 is 0 Å². The minimum Gasteiger partial charge on any atom is -0.351 e. The maximum absolute atomic E-state index is 12.0. The van der Waals surface area contributed by atoms with Gasteiger partial charge in [-0.25, -0.2) is 0 Å². The second kappa shape index (κ2) is 6.20. The number of carbonyl (C=O) groups is 1. The highest BCUT2D eigenvalue weighted by atomic mass is 79.9. The molecule has 1 N–H and O–H groups in total. The van der Waals surface area contributed by atoms with Gasteiger partial charge in [-0.15, -0.1) is 11.3 Å². The summed E-state index contributed by atoms with van der Waals surface area (Å²) in [4.78, 5) is 14.1. The van der Waals surface area contributed by atoms with Gasteiger partial charge in [-0.1, -0.05) is 35.2 Å². The quantitative estimate of drug-likeness (QED) is 0.826. The highest BCUT2D eigenvalue weighted by Crippen LogP contribution is 2.37. The second-order valence-corrected chi connectivity index (χ2v) is 7.14. The number of nitrogens with one attached hydrogen (secondary N) is 1. The number of amides is 1. The van der Waals surface area contributed by atoms with Crippen LogP contribution in [0.5, 0.6) is 0 Å². The lowest BCUT2D eigenvalue weighted by molar-refractivity contribution is 0.0926. The fourth-order valence-electron chi connectivity index (χ4n) is 2.57. The highest BCUT2D eigenvalue weighted by molar-refractivity contribution is 9.09. The Morgan fingerprint density at radius 2 is 2.11 bits per heavy atom. The molecule has 0 saturated heterocycles. The number of aryl methyl sites for hydroxylation is 1. The van der Waals surface area contributed by atoms with Crippen molar-refractivity contribution in [3.8, 4) is 0 Å². The number of carbonyl (C=O) groups excluding carboxylic acids is 1. The molecule has 0 spiro atoms. The van der Waals surface area contributed by atoms with Crippen LogP contribution in [0, 0.1) is 12.3 Å². The van der Waals surface area contributed by atoms with Crippen LogP contribution in [0.1, 0.15) is 46.7 Å². The average molecular weight is 330 g/mol. The van der Waals surface area contributed by atoms with E-state index < -0.39 is 0 Å². The van der Waals surface area contributed by atoms with Crippen molar-refractivity contribution in [1.29, 1.82) is 0 Å². The Hall–Kier alpha value is -0.350. The molecule has 1 heterocycles. The predicted octanol–water partition coefficient (Wildman–Crippen LogP) is 4.13. The summed E-state index contributed by atoms with van der Waals surface area (Å²) in [6, 6.07) is 3.91. The molecule has 4 heteroatoms. The second-order valence-electron chi connectivity index (χ2n) is 5.29. The van der Waals surface area contributed by atoms with Crippen molar-refractivity contribution in [3.05, 3.63) is 21.9 Å². The van der Waals surface area contributed by atoms with Crippen molar-refractivity contribution in [2.24, 2.45) is 5.41 Å². The van der Waals surface area contributed by atoms with Crippen molar-refractivity contribution >= 4 is 33.2 Å². The van der Waals surface area contributed by atoms with E-state index in [0.717, 1.165) is 16.8 Å². The molecule has 0 bridgehead atoms. The zero-order valence-corrected chi connectivity index (χ0v) is 13.2. The molecule has 18 heavy (non-hydrogen) atoms. The number of thiophene rings is 1. The monoisotopic (exact) mass is 329 g/mol. The van der Waals surface area contributed by atoms with Gasteiger partial charge in [0.1, 0.15) is 0 Å². The number of hydrogen-bond donors (Lipinski definition) is 1. The molecule has 0 radical (unpaired) electrons. The van der Waals surface area contributed by atoms with Crippen LogP contribution >= 0.6 is 27.3 Å². The summed E-state index contributed by atoms with van der Waals surface area (Å²) in [5.41, 5.74) is 0.278. The number of hydrogen-bond acceptors (Lipinski definition) is 2. The SMILES string of the molecule is Cc1ccc(C(=O)NCC2(CBr)CCCCC2)s1. The molecule has 1 aromatic heterocycles. The summed E-state index contributed by atoms with van der Waals surface area (Å²) in [6.45, 7) is 2.83. The average Bonchev–Trinajstić information content (AvgIpc) is 2.84. The predicted molar refractivity (Wildman–Crippen MR) is 80.7 cm³/mol. The molecule has 0 atom stereocenters. The molecule has 2 nitrogen and oxygen atoms in total. The van der Waals surface area contributed by atoms with Gasteiger partial charge in [0, 0.05) is 16.8 Å². The first kappa shape index (κ1) is 14.1. The van der Waals surface area contributed by atoms with Crippen LogP contribution in [0.4, 0.5) is 0 Å². The van der Waals surface area contributed by atoms with Gasteiger partial charge >= 0.3 is 0 Å². The molecular formula is C14H20BrNOS. The maximum atomic E-state index is 12.0. The highest BCUT2D eigenvalue weighted by Gasteiger charge is 2.31. The summed E-state index contributed by atoms with van der Waals surface area (Å²) >= 11 is 5.20. The molecule has 1 saturated carbocycles. The van der Waals surface area contributed by atoms with Gasteiger partial charge in [-0.3, -0.25) is 4.79 Å². The Kier molecular flexibility index (Phi) is 4.84. The smallest absolute Gasteiger partial charge is 0.261 e. The fraction of sp³-hybridized carbons (Fsp3) is 0.643. The zero-order valence-electron chi connectivity index (χ0n) is 10.8. The third kappa shape index (κ3) is 3.35. The Morgan fingerprint density at radius 3 is 2.67 bits per heavy atom. The van der Waals surface area contributed by atoms with Crippen molar-refractivity contribution in [3.63, 3.8) is 0 Å². The van der Waals surface area contributed by atoms with Crippen molar-refractivity contribution in [1.82, 2.24) is 5.32 Å². The third-order valence-corrected chi connectivity index (χ3v) is 5.97. The standard InChI is InChI=1S/C14H20BrNOS/c1-11-5-6-12(18-11)13(17)16-10-14(9-15)7-3-2-4-8-14/h5-6H,2-4,7-10H2,1H3,(H,16,17). The van der Waals surface area contributed by atoms with Crippen LogP contribution in [0.25, 0.3) is 0 Å². The molecule has 0 unspecified atom stereocenters. The third-order valence-electron chi connectivity index (χ3n) is 3.79. The van der Waals surface area contributed by atoms with Gasteiger partial charge in [0.25, 0.3) is 5.91 Å². The van der Waals surface area contributed by atoms with E-state index in [1.807, 2.05) is 19.1 Å². The lowest BCUT2D eigenvalue weighted by Gasteiger charge is -2.35. The summed E-state index contributed by atoms with van der Waals surface area (Å²) < 4.78 is 0. The summed E-state index contributed by atoms with van der Waals surface area (Å²) in [5, 5.41) is 4.11. The number of halogens is 1. The van der Waals surface area contributed by atoms with E-state index in [-0.39, 0.29) is 11.3 Å². The molecule has 1 fully saturated rings. The van der Waals surface area contributed by atoms with Gasteiger partial charge in [0.05, 0.1) is 4.88 Å². The van der Waals surface area contributed by atoms with Gasteiger partial charge in [0.2, 0.25) is 0 Å². The molecule has 2 rings (SSSR count). The normalized spacial score (nSPS) is 18.6. The Labute approximate surface area is 121 Å². The molecule has 100 valence electrons. The molecule has 1 aliphatic rings. The molecule has 0 aliphatic heterocycles. The van der Waals surface area contributed by atoms with Crippen molar-refractivity contribution in [2.45, 2.75) is 39.0 Å². The van der Waals surface area contributed by atoms with E-state index in [1.54, 1.807) is 11.3 Å². The Morgan fingerprint density at radius 1 is 1.39 bits per heavy atom. The molecule has 0 aromatic carbocycles. The van der Waals surface area contributed by atoms with Crippen molar-refractivity contribution < 1.29 is 4.79 Å². The van der Waals surface area contributed by atoms with E-state index in [9.17, 15) is 4.79 Å². The van der Waals surface area contributed by atoms with E-state index in [1.165, 1.54) is 37.0 Å². The maximum Gasteiger partial charge on any atom is 0.261 e. The molecule has 1 amide bonds. The first-order chi connectivity index (χ1) is 8.65. The first-order valence-corrected chi connectivity index (χ1v) is 8.50. The van der Waals surface area contributed by atoms with Crippen LogP contribution in [-0.2, 0) is 0 Å². The Bertz CT molecular complexity index is 410. The zero-order chi connectivity index (χ0) is 13.0. The summed E-state index contributed by atoms with van der Waals surface area (Å²) in [6.07, 6.45) is 6.37. The molecule has 1 aromatic rings. The van der Waals surface area contributed by atoms with Gasteiger partial charge in [-0.2, -0.15) is 0 Å². The lowest BCUT2D eigenvalue weighted by atomic mass is 9.75. The van der Waals surface area contributed by atoms with Gasteiger partial charge < -0.3 is 5.32 Å². The minimum absolute atomic E-state index is 0.0824. The van der Waals surface area contributed by atoms with Gasteiger partial charge in [0.15, 0.2) is 0 Å². The summed E-state index contributed by atoms with van der Waals surface area (Å²) in [5.74, 6) is 0.0824. The first-order valence-electron chi connectivity index (χ1n) is 6.56. The number of rotatable bonds is 4. The van der Waals surface area contributed by atoms with Crippen LogP contribution in [0.15, 0.2) is 12.1 Å². The largest absolute Gasteiger partial charge is 0.351 e. The van der Waals surface area contributed by atoms with E-state index in [2.05, 4.69) is 21.2 Å². The van der Waals surface area contributed by atoms with E-state index in [0.29, 0.717) is 0 Å². The molecular weight excluding hydrogens is 310 g/mol. The van der Waals surface area contributed by atoms with Crippen LogP contribution in [0.3, 0.4) is 0 Å². The number of alkyl halides is 1. The van der Waals surface area contributed by atoms with Crippen LogP contribution in [-0.4, -0.2) is 17.8 Å². The topological polar surface area (TPSA) is 29.1 Å². The minimum atomic E-state index is 0.0824. The Balaban J connectivity index is 1.91. The van der Waals surface area contributed by atoms with Crippen LogP contribution < -0.4 is 5.32 Å².